The lowest BCUT2D eigenvalue weighted by Crippen LogP contribution is -2.29. The molecule has 0 saturated carbocycles. The summed E-state index contributed by atoms with van der Waals surface area (Å²) in [4.78, 5) is 35.0. The second-order valence-electron chi connectivity index (χ2n) is 19.2. The Morgan fingerprint density at radius 1 is 0.446 bits per heavy atom. The predicted octanol–water partition coefficient (Wildman–Crippen LogP) is 17.3. The minimum atomic E-state index is -4.37. The Labute approximate surface area is 402 Å². The molecule has 0 spiro atoms. The highest BCUT2D eigenvalue weighted by Gasteiger charge is 2.26. The third-order valence-electron chi connectivity index (χ3n) is 12.7. The van der Waals surface area contributed by atoms with Crippen LogP contribution in [0.3, 0.4) is 0 Å². The van der Waals surface area contributed by atoms with Crippen LogP contribution in [-0.2, 0) is 32.7 Å². The number of nitrogens with two attached hydrogens (primary N) is 1. The molecule has 0 aliphatic heterocycles. The number of carbonyl (C=O) groups excluding carboxylic acids is 2. The smallest absolute Gasteiger partial charge is 0.462 e. The predicted molar refractivity (Wildman–Crippen MR) is 275 cm³/mol. The highest BCUT2D eigenvalue weighted by molar-refractivity contribution is 7.47. The van der Waals surface area contributed by atoms with Crippen molar-refractivity contribution in [1.29, 1.82) is 0 Å². The van der Waals surface area contributed by atoms with Gasteiger partial charge in [0.1, 0.15) is 6.61 Å². The van der Waals surface area contributed by atoms with Crippen molar-refractivity contribution < 1.29 is 37.6 Å². The van der Waals surface area contributed by atoms with Gasteiger partial charge in [-0.05, 0) is 38.5 Å². The van der Waals surface area contributed by atoms with Gasteiger partial charge in [0.05, 0.1) is 13.2 Å². The molecular weight excluding hydrogens is 834 g/mol. The molecular formula is C55H108NO8P. The number of unbranched alkanes of at least 4 members (excludes halogenated alkanes) is 39. The van der Waals surface area contributed by atoms with E-state index in [-0.39, 0.29) is 38.6 Å². The van der Waals surface area contributed by atoms with Crippen molar-refractivity contribution in [1.82, 2.24) is 0 Å². The van der Waals surface area contributed by atoms with Gasteiger partial charge in [0, 0.05) is 19.4 Å². The Balaban J connectivity index is 3.78. The Morgan fingerprint density at radius 2 is 0.754 bits per heavy atom. The van der Waals surface area contributed by atoms with Gasteiger partial charge in [-0.15, -0.1) is 0 Å². The lowest BCUT2D eigenvalue weighted by atomic mass is 10.0. The first-order valence-electron chi connectivity index (χ1n) is 28.2. The van der Waals surface area contributed by atoms with Crippen molar-refractivity contribution in [3.8, 4) is 0 Å². The Bertz CT molecular complexity index is 1070. The fraction of sp³-hybridized carbons (Fsp3) is 0.927. The molecule has 0 amide bonds. The van der Waals surface area contributed by atoms with E-state index in [1.54, 1.807) is 0 Å². The molecule has 0 radical (unpaired) electrons. The summed E-state index contributed by atoms with van der Waals surface area (Å²) in [6.07, 6.45) is 58.6. The number of ether oxygens (including phenoxy) is 2. The van der Waals surface area contributed by atoms with Crippen LogP contribution in [0.2, 0.25) is 0 Å². The zero-order chi connectivity index (χ0) is 47.4. The van der Waals surface area contributed by atoms with E-state index in [0.717, 1.165) is 32.1 Å². The molecule has 65 heavy (non-hydrogen) atoms. The molecule has 0 aromatic rings. The number of phosphoric ester groups is 1. The summed E-state index contributed by atoms with van der Waals surface area (Å²) in [5.41, 5.74) is 5.36. The summed E-state index contributed by atoms with van der Waals surface area (Å²) in [5, 5.41) is 0. The lowest BCUT2D eigenvalue weighted by Gasteiger charge is -2.19. The second kappa shape index (κ2) is 52.1. The normalized spacial score (nSPS) is 13.1. The summed E-state index contributed by atoms with van der Waals surface area (Å²) in [6, 6.07) is 0. The zero-order valence-electron chi connectivity index (χ0n) is 43.0. The van der Waals surface area contributed by atoms with Crippen LogP contribution in [0.25, 0.3) is 0 Å². The molecule has 0 rings (SSSR count). The molecule has 2 unspecified atom stereocenters. The van der Waals surface area contributed by atoms with E-state index in [1.165, 1.54) is 231 Å². The van der Waals surface area contributed by atoms with Gasteiger partial charge < -0.3 is 20.1 Å². The highest BCUT2D eigenvalue weighted by atomic mass is 31.2. The van der Waals surface area contributed by atoms with Crippen LogP contribution in [-0.4, -0.2) is 49.3 Å². The van der Waals surface area contributed by atoms with E-state index in [9.17, 15) is 19.0 Å². The largest absolute Gasteiger partial charge is 0.472 e. The van der Waals surface area contributed by atoms with E-state index in [0.29, 0.717) is 6.42 Å². The van der Waals surface area contributed by atoms with Crippen molar-refractivity contribution in [3.05, 3.63) is 12.2 Å². The van der Waals surface area contributed by atoms with Gasteiger partial charge in [0.15, 0.2) is 6.10 Å². The van der Waals surface area contributed by atoms with Gasteiger partial charge in [-0.25, -0.2) is 4.57 Å². The first kappa shape index (κ1) is 63.8. The maximum Gasteiger partial charge on any atom is 0.472 e. The third kappa shape index (κ3) is 52.0. The van der Waals surface area contributed by atoms with Crippen molar-refractivity contribution in [2.24, 2.45) is 5.73 Å². The molecule has 2 atom stereocenters. The van der Waals surface area contributed by atoms with Crippen molar-refractivity contribution in [2.45, 2.75) is 302 Å². The lowest BCUT2D eigenvalue weighted by molar-refractivity contribution is -0.161. The summed E-state index contributed by atoms with van der Waals surface area (Å²) in [7, 11) is -4.37. The Hall–Kier alpha value is -1.25. The van der Waals surface area contributed by atoms with Gasteiger partial charge in [0.2, 0.25) is 0 Å². The number of phosphoric acid groups is 1. The van der Waals surface area contributed by atoms with E-state index >= 15 is 0 Å². The second-order valence-corrected chi connectivity index (χ2v) is 20.6. The van der Waals surface area contributed by atoms with Gasteiger partial charge in [-0.1, -0.05) is 257 Å². The summed E-state index contributed by atoms with van der Waals surface area (Å²) < 4.78 is 32.9. The monoisotopic (exact) mass is 942 g/mol. The molecule has 0 aliphatic carbocycles. The van der Waals surface area contributed by atoms with Crippen molar-refractivity contribution in [3.63, 3.8) is 0 Å². The van der Waals surface area contributed by atoms with Gasteiger partial charge in [-0.2, -0.15) is 0 Å². The third-order valence-corrected chi connectivity index (χ3v) is 13.6. The first-order valence-corrected chi connectivity index (χ1v) is 29.7. The van der Waals surface area contributed by atoms with Crippen molar-refractivity contribution in [2.75, 3.05) is 26.4 Å². The molecule has 386 valence electrons. The summed E-state index contributed by atoms with van der Waals surface area (Å²) >= 11 is 0. The molecule has 10 heteroatoms. The average molecular weight is 942 g/mol. The van der Waals surface area contributed by atoms with Crippen LogP contribution >= 0.6 is 7.82 Å². The minimum Gasteiger partial charge on any atom is -0.462 e. The van der Waals surface area contributed by atoms with Crippen LogP contribution in [0.1, 0.15) is 296 Å². The fourth-order valence-corrected chi connectivity index (χ4v) is 9.22. The standard InChI is InChI=1S/C55H108NO8P/c1-3-5-7-9-11-13-15-16-17-18-19-20-21-22-23-24-25-26-27-28-29-30-31-32-33-34-35-36-38-40-42-44-46-48-55(58)64-53(52-63-65(59,60)62-50-49-56)51-61-54(57)47-45-43-41-39-37-14-12-10-8-6-4-2/h18-19,53H,3-17,20-52,56H2,1-2H3,(H,59,60)/b19-18-. The van der Waals surface area contributed by atoms with E-state index in [4.69, 9.17) is 24.3 Å². The van der Waals surface area contributed by atoms with Gasteiger partial charge >= 0.3 is 19.8 Å². The molecule has 0 aromatic carbocycles. The molecule has 0 bridgehead atoms. The molecule has 0 aliphatic rings. The highest BCUT2D eigenvalue weighted by Crippen LogP contribution is 2.43. The number of carbonyl (C=O) groups is 2. The topological polar surface area (TPSA) is 134 Å². The molecule has 0 heterocycles. The Kier molecular flexibility index (Phi) is 51.1. The first-order chi connectivity index (χ1) is 31.8. The number of esters is 2. The molecule has 9 nitrogen and oxygen atoms in total. The number of hydrogen-bond acceptors (Lipinski definition) is 8. The van der Waals surface area contributed by atoms with Crippen LogP contribution in [0.15, 0.2) is 12.2 Å². The minimum absolute atomic E-state index is 0.0574. The molecule has 3 N–H and O–H groups in total. The van der Waals surface area contributed by atoms with Crippen molar-refractivity contribution >= 4 is 19.8 Å². The van der Waals surface area contributed by atoms with E-state index < -0.39 is 26.5 Å². The fourth-order valence-electron chi connectivity index (χ4n) is 8.46. The van der Waals surface area contributed by atoms with Gasteiger partial charge in [-0.3, -0.25) is 18.6 Å². The van der Waals surface area contributed by atoms with Crippen LogP contribution in [0, 0.1) is 0 Å². The maximum atomic E-state index is 12.7. The number of hydrogen-bond donors (Lipinski definition) is 2. The van der Waals surface area contributed by atoms with Crippen LogP contribution in [0.4, 0.5) is 0 Å². The molecule has 0 aromatic heterocycles. The number of rotatable bonds is 54. The van der Waals surface area contributed by atoms with Crippen LogP contribution in [0.5, 0.6) is 0 Å². The average Bonchev–Trinajstić information content (AvgIpc) is 3.30. The number of allylic oxidation sites excluding steroid dienone is 2. The van der Waals surface area contributed by atoms with Gasteiger partial charge in [0.25, 0.3) is 0 Å². The molecule has 0 fully saturated rings. The zero-order valence-corrected chi connectivity index (χ0v) is 43.9. The van der Waals surface area contributed by atoms with E-state index in [1.807, 2.05) is 0 Å². The summed E-state index contributed by atoms with van der Waals surface area (Å²) in [6.45, 7) is 3.78. The SMILES string of the molecule is CCCCCCCCCC/C=C\CCCCCCCCCCCCCCCCCCCCCCCC(=O)OC(COC(=O)CCCCCCCCCCCCC)COP(=O)(O)OCCN. The molecule has 0 saturated heterocycles. The quantitative estimate of drug-likeness (QED) is 0.0264. The summed E-state index contributed by atoms with van der Waals surface area (Å²) in [5.74, 6) is -0.812. The maximum absolute atomic E-state index is 12.7. The van der Waals surface area contributed by atoms with Crippen LogP contribution < -0.4 is 5.73 Å². The van der Waals surface area contributed by atoms with E-state index in [2.05, 4.69) is 26.0 Å². The Morgan fingerprint density at radius 3 is 1.09 bits per heavy atom.